The van der Waals surface area contributed by atoms with Crippen molar-refractivity contribution >= 4 is 11.4 Å². The molecule has 3 aliphatic rings. The highest BCUT2D eigenvalue weighted by atomic mass is 15.5. The second-order valence-electron chi connectivity index (χ2n) is 9.75. The normalized spacial score (nSPS) is 17.5. The van der Waals surface area contributed by atoms with E-state index in [-0.39, 0.29) is 5.54 Å². The van der Waals surface area contributed by atoms with Crippen LogP contribution >= 0.6 is 0 Å². The van der Waals surface area contributed by atoms with Crippen LogP contribution in [0.25, 0.3) is 0 Å². The molecule has 0 unspecified atom stereocenters. The van der Waals surface area contributed by atoms with Gasteiger partial charge >= 0.3 is 0 Å². The third-order valence-corrected chi connectivity index (χ3v) is 8.34. The van der Waals surface area contributed by atoms with Gasteiger partial charge in [-0.05, 0) is 99.0 Å². The average molecular weight is 469 g/mol. The molecule has 0 aromatic heterocycles. The Hall–Kier alpha value is -2.98. The highest BCUT2D eigenvalue weighted by molar-refractivity contribution is 5.70. The van der Waals surface area contributed by atoms with Crippen molar-refractivity contribution in [1.29, 1.82) is 0 Å². The predicted octanol–water partition coefficient (Wildman–Crippen LogP) is 6.14. The third-order valence-electron chi connectivity index (χ3n) is 8.34. The van der Waals surface area contributed by atoms with Gasteiger partial charge in [-0.1, -0.05) is 30.9 Å². The summed E-state index contributed by atoms with van der Waals surface area (Å²) in [5.41, 5.74) is 15.3. The van der Waals surface area contributed by atoms with E-state index in [0.29, 0.717) is 0 Å². The fourth-order valence-corrected chi connectivity index (χ4v) is 6.72. The van der Waals surface area contributed by atoms with Crippen molar-refractivity contribution in [1.82, 2.24) is 10.4 Å². The lowest BCUT2D eigenvalue weighted by molar-refractivity contribution is 0.164. The predicted molar refractivity (Wildman–Crippen MR) is 149 cm³/mol. The Morgan fingerprint density at radius 1 is 0.886 bits per heavy atom. The van der Waals surface area contributed by atoms with E-state index in [4.69, 9.17) is 0 Å². The number of hydrazine groups is 1. The number of fused-ring (bicyclic) bond motifs is 5. The standard InChI is InChI=1S/C31H40N4/c1-7-33(8-2)25-15-17-28-23(20-25)19-24-21-26(34(9-3)10-4)16-18-29(24)31(28)30-14-12-11-13-27(30)22(5)35(31)32-6/h11,13,15-18,20-21,32H,5,7-10,12,14,19H2,1-4,6H3. The first-order valence-corrected chi connectivity index (χ1v) is 13.4. The average Bonchev–Trinajstić information content (AvgIpc) is 3.14. The first kappa shape index (κ1) is 23.7. The summed E-state index contributed by atoms with van der Waals surface area (Å²) in [4.78, 5) is 4.90. The molecule has 35 heavy (non-hydrogen) atoms. The second kappa shape index (κ2) is 9.23. The Morgan fingerprint density at radius 2 is 1.43 bits per heavy atom. The highest BCUT2D eigenvalue weighted by Crippen LogP contribution is 2.57. The smallest absolute Gasteiger partial charge is 0.129 e. The monoisotopic (exact) mass is 468 g/mol. The minimum Gasteiger partial charge on any atom is -0.372 e. The summed E-state index contributed by atoms with van der Waals surface area (Å²) < 4.78 is 0. The Labute approximate surface area is 211 Å². The zero-order valence-electron chi connectivity index (χ0n) is 22.1. The number of allylic oxidation sites excluding steroid dienone is 2. The lowest BCUT2D eigenvalue weighted by Crippen LogP contribution is -2.52. The Morgan fingerprint density at radius 3 is 1.91 bits per heavy atom. The summed E-state index contributed by atoms with van der Waals surface area (Å²) in [7, 11) is 2.04. The largest absolute Gasteiger partial charge is 0.372 e. The van der Waals surface area contributed by atoms with Crippen molar-refractivity contribution in [3.63, 3.8) is 0 Å². The Kier molecular flexibility index (Phi) is 6.27. The maximum atomic E-state index is 4.57. The molecular formula is C31H40N4. The summed E-state index contributed by atoms with van der Waals surface area (Å²) >= 11 is 0. The molecule has 2 aliphatic carbocycles. The molecule has 1 heterocycles. The van der Waals surface area contributed by atoms with E-state index in [1.165, 1.54) is 44.8 Å². The molecular weight excluding hydrogens is 428 g/mol. The molecule has 0 atom stereocenters. The number of rotatable bonds is 7. The van der Waals surface area contributed by atoms with Crippen molar-refractivity contribution in [2.75, 3.05) is 43.0 Å². The van der Waals surface area contributed by atoms with Crippen LogP contribution in [0.2, 0.25) is 0 Å². The molecule has 5 rings (SSSR count). The lowest BCUT2D eigenvalue weighted by Gasteiger charge is -2.47. The number of anilines is 2. The van der Waals surface area contributed by atoms with Crippen molar-refractivity contribution < 1.29 is 0 Å². The number of benzene rings is 2. The minimum atomic E-state index is -0.363. The molecule has 0 amide bonds. The molecule has 4 nitrogen and oxygen atoms in total. The molecule has 0 bridgehead atoms. The van der Waals surface area contributed by atoms with Crippen molar-refractivity contribution in [2.45, 2.75) is 52.5 Å². The van der Waals surface area contributed by atoms with Crippen LogP contribution in [0.1, 0.15) is 62.8 Å². The molecule has 4 heteroatoms. The minimum absolute atomic E-state index is 0.363. The highest BCUT2D eigenvalue weighted by Gasteiger charge is 2.54. The number of nitrogens with zero attached hydrogens (tertiary/aromatic N) is 3. The van der Waals surface area contributed by atoms with Crippen LogP contribution in [0.15, 0.2) is 72.0 Å². The van der Waals surface area contributed by atoms with Gasteiger partial charge in [0.15, 0.2) is 0 Å². The zero-order valence-corrected chi connectivity index (χ0v) is 22.1. The fourth-order valence-electron chi connectivity index (χ4n) is 6.72. The first-order chi connectivity index (χ1) is 17.0. The van der Waals surface area contributed by atoms with Crippen molar-refractivity contribution in [3.05, 3.63) is 94.2 Å². The van der Waals surface area contributed by atoms with E-state index in [1.807, 2.05) is 7.05 Å². The van der Waals surface area contributed by atoms with Gasteiger partial charge in [-0.3, -0.25) is 5.01 Å². The maximum Gasteiger partial charge on any atom is 0.129 e. The second-order valence-corrected chi connectivity index (χ2v) is 9.75. The van der Waals surface area contributed by atoms with Crippen LogP contribution in [0.5, 0.6) is 0 Å². The van der Waals surface area contributed by atoms with E-state index >= 15 is 0 Å². The van der Waals surface area contributed by atoms with Gasteiger partial charge in [-0.25, -0.2) is 5.43 Å². The molecule has 1 spiro atoms. The quantitative estimate of drug-likeness (QED) is 0.527. The van der Waals surface area contributed by atoms with E-state index in [0.717, 1.165) is 51.1 Å². The molecule has 0 radical (unpaired) electrons. The van der Waals surface area contributed by atoms with Crippen LogP contribution in [0.4, 0.5) is 11.4 Å². The van der Waals surface area contributed by atoms with E-state index in [2.05, 4.69) is 103 Å². The lowest BCUT2D eigenvalue weighted by atomic mass is 9.67. The fraction of sp³-hybridized carbons (Fsp3) is 0.419. The molecule has 2 aromatic carbocycles. The van der Waals surface area contributed by atoms with Crippen molar-refractivity contribution in [3.8, 4) is 0 Å². The number of nitrogens with one attached hydrogen (secondary N) is 1. The van der Waals surface area contributed by atoms with Gasteiger partial charge in [0.2, 0.25) is 0 Å². The zero-order chi connectivity index (χ0) is 24.7. The van der Waals surface area contributed by atoms with E-state index in [9.17, 15) is 0 Å². The van der Waals surface area contributed by atoms with Gasteiger partial charge < -0.3 is 9.80 Å². The Balaban J connectivity index is 1.80. The molecule has 1 N–H and O–H groups in total. The van der Waals surface area contributed by atoms with E-state index < -0.39 is 0 Å². The molecule has 1 aliphatic heterocycles. The number of hydrogen-bond donors (Lipinski definition) is 1. The van der Waals surface area contributed by atoms with Gasteiger partial charge in [-0.2, -0.15) is 0 Å². The maximum absolute atomic E-state index is 4.57. The van der Waals surface area contributed by atoms with E-state index in [1.54, 1.807) is 0 Å². The molecule has 2 aromatic rings. The van der Waals surface area contributed by atoms with Crippen LogP contribution < -0.4 is 15.2 Å². The molecule has 0 saturated heterocycles. The molecule has 0 saturated carbocycles. The summed E-state index contributed by atoms with van der Waals surface area (Å²) in [5.74, 6) is 0. The SMILES string of the molecule is C=C1C2=C(CCC=C2)C2(c3ccc(N(CC)CC)cc3Cc3cc(N(CC)CC)ccc32)N1NC. The number of hydrogen-bond acceptors (Lipinski definition) is 4. The first-order valence-electron chi connectivity index (χ1n) is 13.4. The summed E-state index contributed by atoms with van der Waals surface area (Å²) in [6.45, 7) is 17.6. The third kappa shape index (κ3) is 3.37. The van der Waals surface area contributed by atoms with Crippen molar-refractivity contribution in [2.24, 2.45) is 0 Å². The van der Waals surface area contributed by atoms with Crippen LogP contribution in [-0.2, 0) is 12.0 Å². The summed E-state index contributed by atoms with van der Waals surface area (Å²) in [6, 6.07) is 14.4. The van der Waals surface area contributed by atoms with Crippen LogP contribution in [0, 0.1) is 0 Å². The molecule has 0 fully saturated rings. The van der Waals surface area contributed by atoms with Gasteiger partial charge in [0.1, 0.15) is 5.54 Å². The van der Waals surface area contributed by atoms with Gasteiger partial charge in [0, 0.05) is 50.2 Å². The van der Waals surface area contributed by atoms with Gasteiger partial charge in [-0.15, -0.1) is 0 Å². The topological polar surface area (TPSA) is 21.8 Å². The summed E-state index contributed by atoms with van der Waals surface area (Å²) in [5, 5.41) is 2.35. The Bertz CT molecular complexity index is 1130. The van der Waals surface area contributed by atoms with Gasteiger partial charge in [0.05, 0.1) is 5.70 Å². The summed E-state index contributed by atoms with van der Waals surface area (Å²) in [6.07, 6.45) is 7.68. The van der Waals surface area contributed by atoms with Crippen LogP contribution in [-0.4, -0.2) is 38.2 Å². The van der Waals surface area contributed by atoms with Crippen LogP contribution in [0.3, 0.4) is 0 Å². The molecule has 184 valence electrons. The van der Waals surface area contributed by atoms with Gasteiger partial charge in [0.25, 0.3) is 0 Å².